The summed E-state index contributed by atoms with van der Waals surface area (Å²) < 4.78 is 31.1. The number of nitrogens with one attached hydrogen (secondary N) is 3. The van der Waals surface area contributed by atoms with E-state index in [-0.39, 0.29) is 23.4 Å². The molecule has 1 rings (SSSR count). The van der Waals surface area contributed by atoms with Crippen molar-refractivity contribution in [2.45, 2.75) is 17.9 Å². The van der Waals surface area contributed by atoms with Gasteiger partial charge in [0.25, 0.3) is 5.91 Å². The summed E-state index contributed by atoms with van der Waals surface area (Å²) >= 11 is 0. The molecular weight excluding hydrogens is 306 g/mol. The number of rotatable bonds is 9. The van der Waals surface area contributed by atoms with Crippen LogP contribution in [0.2, 0.25) is 0 Å². The van der Waals surface area contributed by atoms with Gasteiger partial charge in [0.15, 0.2) is 0 Å². The summed E-state index contributed by atoms with van der Waals surface area (Å²) in [5, 5.41) is 5.78. The van der Waals surface area contributed by atoms with Gasteiger partial charge in [-0.1, -0.05) is 0 Å². The van der Waals surface area contributed by atoms with Gasteiger partial charge in [0.1, 0.15) is 0 Å². The van der Waals surface area contributed by atoms with Gasteiger partial charge >= 0.3 is 0 Å². The topological polar surface area (TPSA) is 96.5 Å². The zero-order valence-corrected chi connectivity index (χ0v) is 13.9. The van der Waals surface area contributed by atoms with Gasteiger partial charge in [0.05, 0.1) is 11.5 Å². The highest BCUT2D eigenvalue weighted by molar-refractivity contribution is 7.89. The van der Waals surface area contributed by atoms with Crippen LogP contribution in [-0.2, 0) is 14.8 Å². The Bertz CT molecular complexity index is 572. The molecule has 22 heavy (non-hydrogen) atoms. The van der Waals surface area contributed by atoms with Crippen LogP contribution in [0.3, 0.4) is 0 Å². The van der Waals surface area contributed by atoms with Crippen LogP contribution in [0.25, 0.3) is 0 Å². The second-order valence-corrected chi connectivity index (χ2v) is 6.58. The molecule has 0 aliphatic carbocycles. The van der Waals surface area contributed by atoms with Crippen molar-refractivity contribution in [2.24, 2.45) is 0 Å². The number of carbonyl (C=O) groups excluding carboxylic acids is 1. The highest BCUT2D eigenvalue weighted by atomic mass is 32.2. The second-order valence-electron chi connectivity index (χ2n) is 4.81. The van der Waals surface area contributed by atoms with Crippen molar-refractivity contribution in [2.75, 3.05) is 33.9 Å². The zero-order chi connectivity index (χ0) is 16.6. The first-order valence-corrected chi connectivity index (χ1v) is 8.43. The van der Waals surface area contributed by atoms with E-state index in [0.29, 0.717) is 18.7 Å². The fourth-order valence-electron chi connectivity index (χ4n) is 1.60. The molecule has 1 aromatic carbocycles. The first-order valence-electron chi connectivity index (χ1n) is 6.95. The lowest BCUT2D eigenvalue weighted by molar-refractivity contribution is 0.0950. The molecule has 1 aromatic rings. The molecule has 0 saturated heterocycles. The lowest BCUT2D eigenvalue weighted by Crippen LogP contribution is -2.37. The summed E-state index contributed by atoms with van der Waals surface area (Å²) in [4.78, 5) is 12.0. The number of carbonyl (C=O) groups is 1. The Balaban J connectivity index is 2.67. The second kappa shape index (κ2) is 8.84. The molecule has 8 heteroatoms. The fraction of sp³-hybridized carbons (Fsp3) is 0.500. The van der Waals surface area contributed by atoms with Crippen LogP contribution in [0.4, 0.5) is 0 Å². The van der Waals surface area contributed by atoms with Gasteiger partial charge < -0.3 is 15.4 Å². The third kappa shape index (κ3) is 5.72. The van der Waals surface area contributed by atoms with E-state index in [0.717, 1.165) is 0 Å². The fourth-order valence-corrected chi connectivity index (χ4v) is 2.61. The molecule has 0 aliphatic rings. The Morgan fingerprint density at radius 2 is 1.91 bits per heavy atom. The normalized spacial score (nSPS) is 12.9. The molecule has 0 aliphatic heterocycles. The Kier molecular flexibility index (Phi) is 7.46. The highest BCUT2D eigenvalue weighted by Crippen LogP contribution is 2.10. The van der Waals surface area contributed by atoms with Crippen molar-refractivity contribution >= 4 is 15.9 Å². The van der Waals surface area contributed by atoms with Crippen molar-refractivity contribution in [3.05, 3.63) is 29.8 Å². The van der Waals surface area contributed by atoms with Gasteiger partial charge in [-0.25, -0.2) is 13.1 Å². The number of amides is 1. The largest absolute Gasteiger partial charge is 0.383 e. The van der Waals surface area contributed by atoms with E-state index < -0.39 is 10.0 Å². The van der Waals surface area contributed by atoms with Crippen molar-refractivity contribution in [3.63, 3.8) is 0 Å². The summed E-state index contributed by atoms with van der Waals surface area (Å²) in [6.07, 6.45) is 0. The van der Waals surface area contributed by atoms with E-state index in [1.165, 1.54) is 31.4 Å². The molecule has 0 radical (unpaired) electrons. The lowest BCUT2D eigenvalue weighted by atomic mass is 10.2. The molecule has 0 saturated carbocycles. The van der Waals surface area contributed by atoms with Crippen LogP contribution in [0, 0.1) is 0 Å². The highest BCUT2D eigenvalue weighted by Gasteiger charge is 2.14. The van der Waals surface area contributed by atoms with Crippen LogP contribution in [0.1, 0.15) is 17.3 Å². The minimum atomic E-state index is -3.58. The summed E-state index contributed by atoms with van der Waals surface area (Å²) in [5.74, 6) is -0.238. The standard InChI is InChI=1S/C14H23N3O4S/c1-11(15-2)10-16-14(18)12-4-6-13(7-5-12)22(19,20)17-8-9-21-3/h4-7,11,15,17H,8-10H2,1-3H3,(H,16,18). The molecule has 1 unspecified atom stereocenters. The average molecular weight is 329 g/mol. The number of likely N-dealkylation sites (N-methyl/N-ethyl adjacent to an activating group) is 1. The maximum atomic E-state index is 12.0. The molecule has 0 bridgehead atoms. The Hall–Kier alpha value is -1.48. The van der Waals surface area contributed by atoms with Gasteiger partial charge in [-0.05, 0) is 38.2 Å². The lowest BCUT2D eigenvalue weighted by Gasteiger charge is -2.11. The van der Waals surface area contributed by atoms with Crippen molar-refractivity contribution in [3.8, 4) is 0 Å². The van der Waals surface area contributed by atoms with Crippen LogP contribution in [0.5, 0.6) is 0 Å². The third-order valence-corrected chi connectivity index (χ3v) is 4.56. The summed E-state index contributed by atoms with van der Waals surface area (Å²) in [6.45, 7) is 2.93. The Morgan fingerprint density at radius 1 is 1.27 bits per heavy atom. The number of sulfonamides is 1. The first-order chi connectivity index (χ1) is 10.4. The molecule has 1 amide bonds. The summed E-state index contributed by atoms with van der Waals surface area (Å²) in [6, 6.07) is 5.96. The van der Waals surface area contributed by atoms with Gasteiger partial charge in [-0.15, -0.1) is 0 Å². The number of benzene rings is 1. The minimum Gasteiger partial charge on any atom is -0.383 e. The van der Waals surface area contributed by atoms with Gasteiger partial charge in [0.2, 0.25) is 10.0 Å². The molecule has 0 spiro atoms. The van der Waals surface area contributed by atoms with Crippen molar-refractivity contribution in [1.82, 2.24) is 15.4 Å². The van der Waals surface area contributed by atoms with E-state index in [1.54, 1.807) is 0 Å². The predicted molar refractivity (Wildman–Crippen MR) is 84.4 cm³/mol. The van der Waals surface area contributed by atoms with Gasteiger partial charge in [0, 0.05) is 31.8 Å². The third-order valence-electron chi connectivity index (χ3n) is 3.09. The van der Waals surface area contributed by atoms with Crippen LogP contribution < -0.4 is 15.4 Å². The summed E-state index contributed by atoms with van der Waals surface area (Å²) in [7, 11) is -0.267. The molecular formula is C14H23N3O4S. The maximum absolute atomic E-state index is 12.0. The molecule has 0 heterocycles. The zero-order valence-electron chi connectivity index (χ0n) is 13.0. The van der Waals surface area contributed by atoms with E-state index in [4.69, 9.17) is 4.74 Å². The Morgan fingerprint density at radius 3 is 2.45 bits per heavy atom. The molecule has 0 aromatic heterocycles. The smallest absolute Gasteiger partial charge is 0.251 e. The first kappa shape index (κ1) is 18.6. The Labute approximate surface area is 131 Å². The molecule has 1 atom stereocenters. The molecule has 7 nitrogen and oxygen atoms in total. The minimum absolute atomic E-state index is 0.115. The van der Waals surface area contributed by atoms with E-state index in [1.807, 2.05) is 14.0 Å². The van der Waals surface area contributed by atoms with E-state index in [9.17, 15) is 13.2 Å². The van der Waals surface area contributed by atoms with E-state index >= 15 is 0 Å². The SMILES string of the molecule is CNC(C)CNC(=O)c1ccc(S(=O)(=O)NCCOC)cc1. The quantitative estimate of drug-likeness (QED) is 0.552. The predicted octanol–water partition coefficient (Wildman–Crippen LogP) is -0.0510. The van der Waals surface area contributed by atoms with Crippen molar-refractivity contribution in [1.29, 1.82) is 0 Å². The molecule has 0 fully saturated rings. The van der Waals surface area contributed by atoms with Gasteiger partial charge in [-0.3, -0.25) is 4.79 Å². The van der Waals surface area contributed by atoms with Crippen LogP contribution in [0.15, 0.2) is 29.2 Å². The summed E-state index contributed by atoms with van der Waals surface area (Å²) in [5.41, 5.74) is 0.416. The number of hydrogen-bond donors (Lipinski definition) is 3. The average Bonchev–Trinajstić information content (AvgIpc) is 2.52. The molecule has 124 valence electrons. The van der Waals surface area contributed by atoms with E-state index in [2.05, 4.69) is 15.4 Å². The van der Waals surface area contributed by atoms with Crippen LogP contribution >= 0.6 is 0 Å². The van der Waals surface area contributed by atoms with Crippen molar-refractivity contribution < 1.29 is 17.9 Å². The van der Waals surface area contributed by atoms with Gasteiger partial charge in [-0.2, -0.15) is 0 Å². The number of ether oxygens (including phenoxy) is 1. The number of methoxy groups -OCH3 is 1. The molecule has 3 N–H and O–H groups in total. The van der Waals surface area contributed by atoms with Crippen LogP contribution in [-0.4, -0.2) is 54.2 Å². The monoisotopic (exact) mass is 329 g/mol. The number of hydrogen-bond acceptors (Lipinski definition) is 5. The maximum Gasteiger partial charge on any atom is 0.251 e.